The number of carbonyl (C=O) groups excluding carboxylic acids is 2. The summed E-state index contributed by atoms with van der Waals surface area (Å²) in [6, 6.07) is 9.02. The van der Waals surface area contributed by atoms with Crippen LogP contribution in [0.2, 0.25) is 0 Å². The first-order valence-corrected chi connectivity index (χ1v) is 7.50. The van der Waals surface area contributed by atoms with Gasteiger partial charge in [0, 0.05) is 11.6 Å². The van der Waals surface area contributed by atoms with Gasteiger partial charge in [-0.05, 0) is 50.9 Å². The molecule has 6 heteroatoms. The highest BCUT2D eigenvalue weighted by Crippen LogP contribution is 2.13. The fraction of sp³-hybridized carbons (Fsp3) is 0.500. The number of rotatable bonds is 5. The van der Waals surface area contributed by atoms with Crippen molar-refractivity contribution in [3.63, 3.8) is 0 Å². The van der Waals surface area contributed by atoms with Crippen molar-refractivity contribution in [1.82, 2.24) is 16.0 Å². The highest BCUT2D eigenvalue weighted by molar-refractivity contribution is 5.96. The Morgan fingerprint density at radius 2 is 2.05 bits per heavy atom. The lowest BCUT2D eigenvalue weighted by Crippen LogP contribution is -2.47. The van der Waals surface area contributed by atoms with Crippen LogP contribution in [0.15, 0.2) is 30.3 Å². The molecule has 2 unspecified atom stereocenters. The molecule has 0 aromatic heterocycles. The number of carbonyl (C=O) groups is 2. The molecule has 1 saturated heterocycles. The molecule has 1 aliphatic heterocycles. The molecule has 2 amide bonds. The van der Waals surface area contributed by atoms with Gasteiger partial charge in [0.15, 0.2) is 0 Å². The Morgan fingerprint density at radius 1 is 1.32 bits per heavy atom. The first kappa shape index (κ1) is 18.5. The quantitative estimate of drug-likeness (QED) is 0.765. The second-order valence-corrected chi connectivity index (χ2v) is 5.51. The highest BCUT2D eigenvalue weighted by atomic mass is 35.5. The van der Waals surface area contributed by atoms with Crippen molar-refractivity contribution in [2.24, 2.45) is 5.92 Å². The second kappa shape index (κ2) is 9.43. The maximum Gasteiger partial charge on any atom is 0.251 e. The van der Waals surface area contributed by atoms with Crippen LogP contribution in [0.25, 0.3) is 0 Å². The third kappa shape index (κ3) is 5.66. The van der Waals surface area contributed by atoms with Gasteiger partial charge in [-0.2, -0.15) is 0 Å². The summed E-state index contributed by atoms with van der Waals surface area (Å²) in [5, 5.41) is 8.94. The van der Waals surface area contributed by atoms with Crippen molar-refractivity contribution in [2.45, 2.75) is 25.8 Å². The minimum atomic E-state index is -0.224. The van der Waals surface area contributed by atoms with Gasteiger partial charge in [-0.3, -0.25) is 9.59 Å². The van der Waals surface area contributed by atoms with E-state index in [2.05, 4.69) is 16.0 Å². The minimum Gasteiger partial charge on any atom is -0.352 e. The molecule has 1 fully saturated rings. The van der Waals surface area contributed by atoms with Crippen LogP contribution in [0.1, 0.15) is 30.1 Å². The third-order valence-electron chi connectivity index (χ3n) is 3.88. The topological polar surface area (TPSA) is 70.2 Å². The zero-order chi connectivity index (χ0) is 15.1. The van der Waals surface area contributed by atoms with E-state index in [9.17, 15) is 9.59 Å². The van der Waals surface area contributed by atoms with Crippen LogP contribution in [0, 0.1) is 5.92 Å². The number of hydrogen-bond acceptors (Lipinski definition) is 3. The molecule has 0 aliphatic carbocycles. The number of amides is 2. The van der Waals surface area contributed by atoms with Gasteiger partial charge in [0.1, 0.15) is 0 Å². The van der Waals surface area contributed by atoms with Crippen LogP contribution >= 0.6 is 12.4 Å². The zero-order valence-electron chi connectivity index (χ0n) is 12.8. The van der Waals surface area contributed by atoms with Gasteiger partial charge in [0.2, 0.25) is 5.91 Å². The summed E-state index contributed by atoms with van der Waals surface area (Å²) in [7, 11) is 0. The molecule has 1 aliphatic rings. The number of benzene rings is 1. The lowest BCUT2D eigenvalue weighted by Gasteiger charge is -2.28. The van der Waals surface area contributed by atoms with Crippen molar-refractivity contribution < 1.29 is 9.59 Å². The molecule has 0 bridgehead atoms. The van der Waals surface area contributed by atoms with Crippen molar-refractivity contribution in [3.8, 4) is 0 Å². The van der Waals surface area contributed by atoms with Crippen molar-refractivity contribution in [2.75, 3.05) is 19.6 Å². The van der Waals surface area contributed by atoms with Gasteiger partial charge < -0.3 is 16.0 Å². The van der Waals surface area contributed by atoms with E-state index < -0.39 is 0 Å². The molecule has 2 atom stereocenters. The number of hydrogen-bond donors (Lipinski definition) is 3. The fourth-order valence-corrected chi connectivity index (χ4v) is 2.58. The Morgan fingerprint density at radius 3 is 2.68 bits per heavy atom. The van der Waals surface area contributed by atoms with E-state index >= 15 is 0 Å². The Hall–Kier alpha value is -1.59. The van der Waals surface area contributed by atoms with E-state index in [4.69, 9.17) is 0 Å². The van der Waals surface area contributed by atoms with Crippen molar-refractivity contribution in [3.05, 3.63) is 35.9 Å². The van der Waals surface area contributed by atoms with Gasteiger partial charge in [0.25, 0.3) is 5.91 Å². The van der Waals surface area contributed by atoms with E-state index in [1.807, 2.05) is 13.0 Å². The normalized spacial score (nSPS) is 18.7. The fourth-order valence-electron chi connectivity index (χ4n) is 2.58. The van der Waals surface area contributed by atoms with Gasteiger partial charge in [-0.15, -0.1) is 12.4 Å². The van der Waals surface area contributed by atoms with Crippen molar-refractivity contribution in [1.29, 1.82) is 0 Å². The van der Waals surface area contributed by atoms with Crippen LogP contribution in [0.3, 0.4) is 0 Å². The summed E-state index contributed by atoms with van der Waals surface area (Å²) in [6.45, 7) is 4.04. The second-order valence-electron chi connectivity index (χ2n) is 5.51. The van der Waals surface area contributed by atoms with Crippen molar-refractivity contribution >= 4 is 24.2 Å². The molecule has 1 heterocycles. The Kier molecular flexibility index (Phi) is 7.91. The molecule has 22 heavy (non-hydrogen) atoms. The first-order valence-electron chi connectivity index (χ1n) is 7.50. The first-order chi connectivity index (χ1) is 10.2. The Balaban J connectivity index is 0.00000242. The molecule has 0 radical (unpaired) electrons. The summed E-state index contributed by atoms with van der Waals surface area (Å²) >= 11 is 0. The van der Waals surface area contributed by atoms with Gasteiger partial charge >= 0.3 is 0 Å². The molecule has 1 aromatic carbocycles. The Bertz CT molecular complexity index is 476. The average molecular weight is 326 g/mol. The molecule has 122 valence electrons. The molecular weight excluding hydrogens is 302 g/mol. The number of nitrogens with one attached hydrogen (secondary N) is 3. The molecule has 2 rings (SSSR count). The van der Waals surface area contributed by atoms with Gasteiger partial charge in [0.05, 0.1) is 6.54 Å². The van der Waals surface area contributed by atoms with Gasteiger partial charge in [-0.25, -0.2) is 0 Å². The largest absolute Gasteiger partial charge is 0.352 e. The predicted octanol–water partition coefficient (Wildman–Crippen LogP) is 1.34. The molecule has 0 spiro atoms. The van der Waals surface area contributed by atoms with Crippen LogP contribution in [-0.2, 0) is 4.79 Å². The van der Waals surface area contributed by atoms with E-state index in [-0.39, 0.29) is 36.8 Å². The average Bonchev–Trinajstić information content (AvgIpc) is 2.54. The van der Waals surface area contributed by atoms with E-state index in [0.29, 0.717) is 11.5 Å². The molecule has 1 aromatic rings. The van der Waals surface area contributed by atoms with E-state index in [1.165, 1.54) is 0 Å². The standard InChI is InChI=1S/C16H23N3O2.ClH/c1-12(14-8-5-9-17-10-14)19-15(20)11-18-16(21)13-6-3-2-4-7-13;/h2-4,6-7,12,14,17H,5,8-11H2,1H3,(H,18,21)(H,19,20);1H. The molecule has 5 nitrogen and oxygen atoms in total. The monoisotopic (exact) mass is 325 g/mol. The smallest absolute Gasteiger partial charge is 0.251 e. The predicted molar refractivity (Wildman–Crippen MR) is 89.2 cm³/mol. The summed E-state index contributed by atoms with van der Waals surface area (Å²) in [5.41, 5.74) is 0.565. The summed E-state index contributed by atoms with van der Waals surface area (Å²) in [5.74, 6) is 0.0996. The maximum atomic E-state index is 11.9. The minimum absolute atomic E-state index is 0. The third-order valence-corrected chi connectivity index (χ3v) is 3.88. The zero-order valence-corrected chi connectivity index (χ0v) is 13.6. The van der Waals surface area contributed by atoms with E-state index in [0.717, 1.165) is 25.9 Å². The highest BCUT2D eigenvalue weighted by Gasteiger charge is 2.21. The molecule has 3 N–H and O–H groups in total. The van der Waals surface area contributed by atoms with Gasteiger partial charge in [-0.1, -0.05) is 18.2 Å². The number of piperidine rings is 1. The lowest BCUT2D eigenvalue weighted by atomic mass is 9.93. The number of halogens is 1. The summed E-state index contributed by atoms with van der Waals surface area (Å²) in [4.78, 5) is 23.7. The SMILES string of the molecule is CC(NC(=O)CNC(=O)c1ccccc1)C1CCCNC1.Cl. The lowest BCUT2D eigenvalue weighted by molar-refractivity contribution is -0.121. The van der Waals surface area contributed by atoms with Crippen LogP contribution in [-0.4, -0.2) is 37.5 Å². The van der Waals surface area contributed by atoms with Crippen LogP contribution in [0.5, 0.6) is 0 Å². The maximum absolute atomic E-state index is 11.9. The summed E-state index contributed by atoms with van der Waals surface area (Å²) < 4.78 is 0. The van der Waals surface area contributed by atoms with E-state index in [1.54, 1.807) is 24.3 Å². The molecular formula is C16H24ClN3O2. The van der Waals surface area contributed by atoms with Crippen LogP contribution in [0.4, 0.5) is 0 Å². The Labute approximate surface area is 137 Å². The van der Waals surface area contributed by atoms with Crippen LogP contribution < -0.4 is 16.0 Å². The molecule has 0 saturated carbocycles. The summed E-state index contributed by atoms with van der Waals surface area (Å²) in [6.07, 6.45) is 2.28.